The highest BCUT2D eigenvalue weighted by atomic mass is 32.2. The van der Waals surface area contributed by atoms with E-state index < -0.39 is 10.1 Å². The second-order valence-electron chi connectivity index (χ2n) is 4.44. The van der Waals surface area contributed by atoms with Gasteiger partial charge in [0, 0.05) is 18.9 Å². The molecule has 1 aromatic carbocycles. The van der Waals surface area contributed by atoms with Gasteiger partial charge in [-0.3, -0.25) is 4.55 Å². The second-order valence-corrected chi connectivity index (χ2v) is 5.86. The van der Waals surface area contributed by atoms with Crippen molar-refractivity contribution in [3.05, 3.63) is 48.5 Å². The van der Waals surface area contributed by atoms with E-state index in [1.54, 1.807) is 12.1 Å². The Hall–Kier alpha value is -1.66. The van der Waals surface area contributed by atoms with Crippen molar-refractivity contribution in [1.29, 1.82) is 0 Å². The van der Waals surface area contributed by atoms with E-state index in [9.17, 15) is 8.42 Å². The van der Waals surface area contributed by atoms with Crippen LogP contribution in [0.2, 0.25) is 0 Å². The van der Waals surface area contributed by atoms with E-state index in [1.165, 1.54) is 25.0 Å². The lowest BCUT2D eigenvalue weighted by Crippen LogP contribution is -1.96. The Morgan fingerprint density at radius 3 is 2.35 bits per heavy atom. The van der Waals surface area contributed by atoms with Crippen LogP contribution < -0.4 is 0 Å². The number of benzene rings is 1. The van der Waals surface area contributed by atoms with E-state index in [-0.39, 0.29) is 4.90 Å². The molecule has 1 N–H and O–H groups in total. The summed E-state index contributed by atoms with van der Waals surface area (Å²) in [5, 5.41) is 0. The Morgan fingerprint density at radius 1 is 1.25 bits per heavy atom. The standard InChI is InChI=1S/C7H12N2.C7H8O3S/c1-2-3-5-9-6-4-8-7-9;1-6-2-4-7(5-3-6)11(8,9)10/h4,6-7H,2-3,5H2,1H3;2-5H,1H3,(H,8,9,10). The molecule has 6 heteroatoms. The normalized spacial score (nSPS) is 10.8. The van der Waals surface area contributed by atoms with Crippen LogP contribution in [0.3, 0.4) is 0 Å². The molecule has 2 aromatic rings. The van der Waals surface area contributed by atoms with Crippen LogP contribution in [0.25, 0.3) is 0 Å². The van der Waals surface area contributed by atoms with Gasteiger partial charge in [0.25, 0.3) is 10.1 Å². The summed E-state index contributed by atoms with van der Waals surface area (Å²) >= 11 is 0. The van der Waals surface area contributed by atoms with Crippen LogP contribution in [0.1, 0.15) is 25.3 Å². The fraction of sp³-hybridized carbons (Fsp3) is 0.357. The lowest BCUT2D eigenvalue weighted by Gasteiger charge is -1.96. The number of aromatic nitrogens is 2. The first-order valence-electron chi connectivity index (χ1n) is 6.43. The topological polar surface area (TPSA) is 72.2 Å². The van der Waals surface area contributed by atoms with Gasteiger partial charge in [0.05, 0.1) is 11.2 Å². The van der Waals surface area contributed by atoms with Gasteiger partial charge in [-0.15, -0.1) is 0 Å². The first-order chi connectivity index (χ1) is 9.43. The predicted molar refractivity (Wildman–Crippen MR) is 78.1 cm³/mol. The van der Waals surface area contributed by atoms with Crippen LogP contribution in [-0.2, 0) is 16.7 Å². The van der Waals surface area contributed by atoms with Crippen molar-refractivity contribution < 1.29 is 13.0 Å². The Labute approximate surface area is 120 Å². The molecule has 0 saturated heterocycles. The molecule has 0 radical (unpaired) electrons. The Morgan fingerprint density at radius 2 is 1.90 bits per heavy atom. The summed E-state index contributed by atoms with van der Waals surface area (Å²) in [6.07, 6.45) is 8.16. The van der Waals surface area contributed by atoms with Gasteiger partial charge in [-0.2, -0.15) is 8.42 Å². The zero-order valence-electron chi connectivity index (χ0n) is 11.7. The van der Waals surface area contributed by atoms with Crippen LogP contribution in [0.5, 0.6) is 0 Å². The number of unbranched alkanes of at least 4 members (excludes halogenated alkanes) is 1. The van der Waals surface area contributed by atoms with Crippen LogP contribution in [-0.4, -0.2) is 22.5 Å². The maximum Gasteiger partial charge on any atom is 0.294 e. The van der Waals surface area contributed by atoms with Gasteiger partial charge in [-0.25, -0.2) is 4.98 Å². The van der Waals surface area contributed by atoms with Crippen molar-refractivity contribution in [2.24, 2.45) is 0 Å². The van der Waals surface area contributed by atoms with Crippen LogP contribution in [0.4, 0.5) is 0 Å². The minimum Gasteiger partial charge on any atom is -0.337 e. The van der Waals surface area contributed by atoms with Gasteiger partial charge in [-0.05, 0) is 25.5 Å². The number of rotatable bonds is 4. The molecule has 0 aliphatic heterocycles. The summed E-state index contributed by atoms with van der Waals surface area (Å²) in [5.41, 5.74) is 0.956. The maximum absolute atomic E-state index is 10.5. The largest absolute Gasteiger partial charge is 0.337 e. The highest BCUT2D eigenvalue weighted by molar-refractivity contribution is 7.85. The molecule has 0 atom stereocenters. The van der Waals surface area contributed by atoms with Crippen LogP contribution in [0, 0.1) is 6.92 Å². The molecular formula is C14H20N2O3S. The van der Waals surface area contributed by atoms with Gasteiger partial charge < -0.3 is 4.57 Å². The van der Waals surface area contributed by atoms with E-state index in [0.29, 0.717) is 0 Å². The van der Waals surface area contributed by atoms with Gasteiger partial charge in [0.1, 0.15) is 0 Å². The van der Waals surface area contributed by atoms with Gasteiger partial charge >= 0.3 is 0 Å². The molecule has 0 fully saturated rings. The lowest BCUT2D eigenvalue weighted by molar-refractivity contribution is 0.483. The van der Waals surface area contributed by atoms with Gasteiger partial charge in [-0.1, -0.05) is 31.0 Å². The quantitative estimate of drug-likeness (QED) is 0.880. The van der Waals surface area contributed by atoms with Crippen LogP contribution >= 0.6 is 0 Å². The molecule has 0 unspecified atom stereocenters. The first-order valence-corrected chi connectivity index (χ1v) is 7.87. The Balaban J connectivity index is 0.000000204. The van der Waals surface area contributed by atoms with E-state index in [4.69, 9.17) is 4.55 Å². The summed E-state index contributed by atoms with van der Waals surface area (Å²) in [4.78, 5) is 3.87. The van der Waals surface area contributed by atoms with Crippen molar-refractivity contribution in [3.8, 4) is 0 Å². The summed E-state index contributed by atoms with van der Waals surface area (Å²) in [5.74, 6) is 0. The number of hydrogen-bond acceptors (Lipinski definition) is 3. The fourth-order valence-corrected chi connectivity index (χ4v) is 1.95. The van der Waals surface area contributed by atoms with Gasteiger partial charge in [0.15, 0.2) is 0 Å². The maximum atomic E-state index is 10.5. The molecule has 0 aliphatic carbocycles. The number of imidazole rings is 1. The van der Waals surface area contributed by atoms with E-state index in [1.807, 2.05) is 25.6 Å². The zero-order valence-corrected chi connectivity index (χ0v) is 12.5. The molecule has 0 aliphatic rings. The molecule has 0 bridgehead atoms. The summed E-state index contributed by atoms with van der Waals surface area (Å²) in [6, 6.07) is 5.99. The Bertz CT molecular complexity index is 590. The third-order valence-electron chi connectivity index (χ3n) is 2.65. The summed E-state index contributed by atoms with van der Waals surface area (Å²) < 4.78 is 31.7. The molecule has 1 aromatic heterocycles. The SMILES string of the molecule is CCCCn1ccnc1.Cc1ccc(S(=O)(=O)O)cc1. The molecule has 2 rings (SSSR count). The van der Waals surface area contributed by atoms with E-state index in [2.05, 4.69) is 16.5 Å². The van der Waals surface area contributed by atoms with Gasteiger partial charge in [0.2, 0.25) is 0 Å². The fourth-order valence-electron chi connectivity index (χ4n) is 1.47. The third kappa shape index (κ3) is 5.99. The zero-order chi connectivity index (χ0) is 15.0. The molecule has 0 saturated carbocycles. The minimum atomic E-state index is -4.02. The smallest absolute Gasteiger partial charge is 0.294 e. The Kier molecular flexibility index (Phi) is 6.41. The molecule has 110 valence electrons. The second kappa shape index (κ2) is 7.81. The van der Waals surface area contributed by atoms with Crippen LogP contribution in [0.15, 0.2) is 47.9 Å². The van der Waals surface area contributed by atoms with E-state index >= 15 is 0 Å². The van der Waals surface area contributed by atoms with Crippen molar-refractivity contribution in [2.45, 2.75) is 38.1 Å². The number of aryl methyl sites for hydroxylation is 2. The van der Waals surface area contributed by atoms with Crippen molar-refractivity contribution in [1.82, 2.24) is 9.55 Å². The summed E-state index contributed by atoms with van der Waals surface area (Å²) in [7, 11) is -4.02. The highest BCUT2D eigenvalue weighted by Crippen LogP contribution is 2.08. The molecular weight excluding hydrogens is 276 g/mol. The first kappa shape index (κ1) is 16.4. The average Bonchev–Trinajstić information content (AvgIpc) is 2.89. The minimum absolute atomic E-state index is 0.0666. The third-order valence-corrected chi connectivity index (χ3v) is 3.52. The summed E-state index contributed by atoms with van der Waals surface area (Å²) in [6.45, 7) is 5.14. The number of nitrogens with zero attached hydrogens (tertiary/aromatic N) is 2. The van der Waals surface area contributed by atoms with Crippen molar-refractivity contribution >= 4 is 10.1 Å². The lowest BCUT2D eigenvalue weighted by atomic mass is 10.2. The molecule has 5 nitrogen and oxygen atoms in total. The van der Waals surface area contributed by atoms with E-state index in [0.717, 1.165) is 12.1 Å². The monoisotopic (exact) mass is 296 g/mol. The molecule has 20 heavy (non-hydrogen) atoms. The molecule has 0 amide bonds. The predicted octanol–water partition coefficient (Wildman–Crippen LogP) is 2.92. The highest BCUT2D eigenvalue weighted by Gasteiger charge is 2.06. The number of hydrogen-bond donors (Lipinski definition) is 1. The van der Waals surface area contributed by atoms with Crippen molar-refractivity contribution in [2.75, 3.05) is 0 Å². The molecule has 1 heterocycles. The van der Waals surface area contributed by atoms with Crippen molar-refractivity contribution in [3.63, 3.8) is 0 Å². The molecule has 0 spiro atoms. The average molecular weight is 296 g/mol.